The molecule has 104 valence electrons. The molecule has 3 heteroatoms. The van der Waals surface area contributed by atoms with Crippen LogP contribution in [0.1, 0.15) is 37.2 Å². The summed E-state index contributed by atoms with van der Waals surface area (Å²) in [4.78, 5) is 0. The number of hydrogen-bond donors (Lipinski definition) is 1. The molecule has 2 aliphatic rings. The minimum Gasteiger partial charge on any atom is -0.381 e. The number of hydrogen-bond acceptors (Lipinski definition) is 2. The van der Waals surface area contributed by atoms with E-state index in [1.165, 1.54) is 35.7 Å². The van der Waals surface area contributed by atoms with Crippen LogP contribution in [0.25, 0.3) is 0 Å². The van der Waals surface area contributed by atoms with Crippen molar-refractivity contribution in [3.63, 3.8) is 0 Å². The Hall–Kier alpha value is -0.380. The summed E-state index contributed by atoms with van der Waals surface area (Å²) < 4.78 is 6.72. The molecule has 0 bridgehead atoms. The first-order valence-corrected chi connectivity index (χ1v) is 8.17. The van der Waals surface area contributed by atoms with Gasteiger partial charge in [0.1, 0.15) is 0 Å². The highest BCUT2D eigenvalue weighted by Gasteiger charge is 2.30. The van der Waals surface area contributed by atoms with Gasteiger partial charge in [-0.25, -0.2) is 0 Å². The second-order valence-electron chi connectivity index (χ2n) is 5.91. The Bertz CT molecular complexity index is 411. The minimum atomic E-state index is 0.714. The van der Waals surface area contributed by atoms with Crippen LogP contribution in [0.4, 0.5) is 0 Å². The van der Waals surface area contributed by atoms with Crippen molar-refractivity contribution in [1.82, 2.24) is 5.32 Å². The maximum atomic E-state index is 5.52. The van der Waals surface area contributed by atoms with Crippen LogP contribution in [0.5, 0.6) is 0 Å². The predicted molar refractivity (Wildman–Crippen MR) is 81.5 cm³/mol. The van der Waals surface area contributed by atoms with Gasteiger partial charge in [-0.15, -0.1) is 0 Å². The second kappa shape index (κ2) is 6.38. The van der Waals surface area contributed by atoms with Crippen molar-refractivity contribution in [2.24, 2.45) is 5.92 Å². The number of benzene rings is 1. The van der Waals surface area contributed by atoms with E-state index in [0.717, 1.165) is 31.6 Å². The molecule has 2 fully saturated rings. The summed E-state index contributed by atoms with van der Waals surface area (Å²) in [5, 5.41) is 3.71. The molecule has 1 aromatic rings. The standard InChI is InChI=1S/C16H22BrNO/c17-15-5-1-4-13(7-15)14-8-16(9-14)18-10-12-3-2-6-19-11-12/h1,4-5,7,12,14,16,18H,2-3,6,8-11H2. The van der Waals surface area contributed by atoms with Gasteiger partial charge in [0, 0.05) is 23.7 Å². The first-order valence-electron chi connectivity index (χ1n) is 7.38. The molecule has 0 spiro atoms. The van der Waals surface area contributed by atoms with E-state index in [9.17, 15) is 0 Å². The molecule has 1 saturated heterocycles. The summed E-state index contributed by atoms with van der Waals surface area (Å²) in [5.41, 5.74) is 1.48. The molecule has 1 atom stereocenters. The molecule has 1 aliphatic carbocycles. The third-order valence-electron chi connectivity index (χ3n) is 4.41. The zero-order valence-electron chi connectivity index (χ0n) is 11.3. The molecular weight excluding hydrogens is 302 g/mol. The number of rotatable bonds is 4. The lowest BCUT2D eigenvalue weighted by molar-refractivity contribution is 0.0521. The first kappa shape index (κ1) is 13.6. The van der Waals surface area contributed by atoms with Crippen molar-refractivity contribution in [3.05, 3.63) is 34.3 Å². The van der Waals surface area contributed by atoms with Gasteiger partial charge in [0.15, 0.2) is 0 Å². The zero-order chi connectivity index (χ0) is 13.1. The van der Waals surface area contributed by atoms with Gasteiger partial charge in [-0.2, -0.15) is 0 Å². The second-order valence-corrected chi connectivity index (χ2v) is 6.83. The minimum absolute atomic E-state index is 0.714. The lowest BCUT2D eigenvalue weighted by Crippen LogP contribution is -2.43. The SMILES string of the molecule is Brc1cccc(C2CC(NCC3CCCOC3)C2)c1. The summed E-state index contributed by atoms with van der Waals surface area (Å²) >= 11 is 3.55. The summed E-state index contributed by atoms with van der Waals surface area (Å²) in [5.74, 6) is 1.48. The Morgan fingerprint density at radius 3 is 2.95 bits per heavy atom. The van der Waals surface area contributed by atoms with Crippen molar-refractivity contribution in [1.29, 1.82) is 0 Å². The fraction of sp³-hybridized carbons (Fsp3) is 0.625. The van der Waals surface area contributed by atoms with E-state index in [2.05, 4.69) is 45.5 Å². The highest BCUT2D eigenvalue weighted by Crippen LogP contribution is 2.37. The molecule has 1 aromatic carbocycles. The molecule has 1 saturated carbocycles. The van der Waals surface area contributed by atoms with Gasteiger partial charge in [-0.05, 0) is 55.2 Å². The van der Waals surface area contributed by atoms with Crippen molar-refractivity contribution in [3.8, 4) is 0 Å². The molecule has 1 unspecified atom stereocenters. The summed E-state index contributed by atoms with van der Waals surface area (Å²) in [6.45, 7) is 3.05. The highest BCUT2D eigenvalue weighted by atomic mass is 79.9. The molecule has 1 heterocycles. The molecule has 1 N–H and O–H groups in total. The van der Waals surface area contributed by atoms with Gasteiger partial charge in [0.25, 0.3) is 0 Å². The van der Waals surface area contributed by atoms with Crippen molar-refractivity contribution in [2.45, 2.75) is 37.6 Å². The van der Waals surface area contributed by atoms with E-state index >= 15 is 0 Å². The van der Waals surface area contributed by atoms with E-state index < -0.39 is 0 Å². The van der Waals surface area contributed by atoms with E-state index in [1.807, 2.05) is 0 Å². The third-order valence-corrected chi connectivity index (χ3v) is 4.90. The van der Waals surface area contributed by atoms with Crippen LogP contribution >= 0.6 is 15.9 Å². The monoisotopic (exact) mass is 323 g/mol. The molecule has 1 aliphatic heterocycles. The van der Waals surface area contributed by atoms with Crippen LogP contribution in [-0.2, 0) is 4.74 Å². The van der Waals surface area contributed by atoms with Crippen LogP contribution < -0.4 is 5.32 Å². The van der Waals surface area contributed by atoms with Crippen LogP contribution in [0.15, 0.2) is 28.7 Å². The van der Waals surface area contributed by atoms with E-state index in [4.69, 9.17) is 4.74 Å². The Labute approximate surface area is 124 Å². The summed E-state index contributed by atoms with van der Waals surface area (Å²) in [6.07, 6.45) is 5.13. The van der Waals surface area contributed by atoms with Gasteiger partial charge in [0.05, 0.1) is 6.61 Å². The molecule has 3 rings (SSSR count). The third kappa shape index (κ3) is 3.59. The number of halogens is 1. The molecule has 0 radical (unpaired) electrons. The quantitative estimate of drug-likeness (QED) is 0.912. The van der Waals surface area contributed by atoms with Gasteiger partial charge < -0.3 is 10.1 Å². The summed E-state index contributed by atoms with van der Waals surface area (Å²) in [7, 11) is 0. The van der Waals surface area contributed by atoms with Gasteiger partial charge in [-0.3, -0.25) is 0 Å². The van der Waals surface area contributed by atoms with Crippen LogP contribution in [-0.4, -0.2) is 25.8 Å². The Balaban J connectivity index is 1.40. The lowest BCUT2D eigenvalue weighted by Gasteiger charge is -2.37. The number of nitrogens with one attached hydrogen (secondary N) is 1. The van der Waals surface area contributed by atoms with Gasteiger partial charge in [0.2, 0.25) is 0 Å². The predicted octanol–water partition coefficient (Wildman–Crippen LogP) is 3.71. The van der Waals surface area contributed by atoms with E-state index in [0.29, 0.717) is 6.04 Å². The fourth-order valence-electron chi connectivity index (χ4n) is 3.12. The first-order chi connectivity index (χ1) is 9.31. The average molecular weight is 324 g/mol. The zero-order valence-corrected chi connectivity index (χ0v) is 12.9. The van der Waals surface area contributed by atoms with Crippen LogP contribution in [0.2, 0.25) is 0 Å². The Kier molecular flexibility index (Phi) is 4.57. The van der Waals surface area contributed by atoms with E-state index in [1.54, 1.807) is 0 Å². The molecule has 0 aromatic heterocycles. The summed E-state index contributed by atoms with van der Waals surface area (Å²) in [6, 6.07) is 9.46. The fourth-order valence-corrected chi connectivity index (χ4v) is 3.54. The van der Waals surface area contributed by atoms with Crippen molar-refractivity contribution >= 4 is 15.9 Å². The van der Waals surface area contributed by atoms with Gasteiger partial charge >= 0.3 is 0 Å². The van der Waals surface area contributed by atoms with Crippen molar-refractivity contribution < 1.29 is 4.74 Å². The van der Waals surface area contributed by atoms with Crippen LogP contribution in [0, 0.1) is 5.92 Å². The normalized spacial score (nSPS) is 30.9. The number of ether oxygens (including phenoxy) is 1. The molecule has 2 nitrogen and oxygen atoms in total. The molecular formula is C16H22BrNO. The van der Waals surface area contributed by atoms with Crippen LogP contribution in [0.3, 0.4) is 0 Å². The molecule has 0 amide bonds. The highest BCUT2D eigenvalue weighted by molar-refractivity contribution is 9.10. The smallest absolute Gasteiger partial charge is 0.0506 e. The van der Waals surface area contributed by atoms with Crippen molar-refractivity contribution in [2.75, 3.05) is 19.8 Å². The Morgan fingerprint density at radius 2 is 2.21 bits per heavy atom. The maximum absolute atomic E-state index is 5.52. The van der Waals surface area contributed by atoms with Gasteiger partial charge in [-0.1, -0.05) is 28.1 Å². The maximum Gasteiger partial charge on any atom is 0.0506 e. The molecule has 19 heavy (non-hydrogen) atoms. The average Bonchev–Trinajstić information content (AvgIpc) is 2.38. The largest absolute Gasteiger partial charge is 0.381 e. The Morgan fingerprint density at radius 1 is 1.32 bits per heavy atom. The lowest BCUT2D eigenvalue weighted by atomic mass is 9.76. The topological polar surface area (TPSA) is 21.3 Å². The van der Waals surface area contributed by atoms with E-state index in [-0.39, 0.29) is 0 Å².